The van der Waals surface area contributed by atoms with Crippen molar-refractivity contribution in [2.45, 2.75) is 18.1 Å². The SMILES string of the molecule is C=Cc1ccc(C(F)(F)F)nc1S(=O)(=O)CC. The third-order valence-electron chi connectivity index (χ3n) is 2.07. The summed E-state index contributed by atoms with van der Waals surface area (Å²) in [6.45, 7) is 4.68. The summed E-state index contributed by atoms with van der Waals surface area (Å²) in [6.07, 6.45) is -3.51. The summed E-state index contributed by atoms with van der Waals surface area (Å²) >= 11 is 0. The van der Waals surface area contributed by atoms with Crippen LogP contribution in [0.15, 0.2) is 23.7 Å². The highest BCUT2D eigenvalue weighted by Crippen LogP contribution is 2.29. The van der Waals surface area contributed by atoms with Gasteiger partial charge >= 0.3 is 6.18 Å². The zero-order chi connectivity index (χ0) is 13.3. The fourth-order valence-electron chi connectivity index (χ4n) is 1.15. The van der Waals surface area contributed by atoms with Crippen LogP contribution in [0.5, 0.6) is 0 Å². The van der Waals surface area contributed by atoms with Gasteiger partial charge in [-0.15, -0.1) is 0 Å². The molecule has 0 saturated heterocycles. The molecule has 0 atom stereocenters. The Hall–Kier alpha value is -1.37. The van der Waals surface area contributed by atoms with Gasteiger partial charge in [-0.2, -0.15) is 13.2 Å². The fraction of sp³-hybridized carbons (Fsp3) is 0.300. The van der Waals surface area contributed by atoms with Crippen LogP contribution < -0.4 is 0 Å². The molecule has 0 saturated carbocycles. The minimum atomic E-state index is -4.67. The summed E-state index contributed by atoms with van der Waals surface area (Å²) in [4.78, 5) is 3.17. The fourth-order valence-corrected chi connectivity index (χ4v) is 2.17. The van der Waals surface area contributed by atoms with E-state index in [-0.39, 0.29) is 11.3 Å². The van der Waals surface area contributed by atoms with Gasteiger partial charge in [0.15, 0.2) is 14.9 Å². The molecular formula is C10H10F3NO2S. The molecule has 0 fully saturated rings. The largest absolute Gasteiger partial charge is 0.433 e. The molecular weight excluding hydrogens is 255 g/mol. The van der Waals surface area contributed by atoms with Gasteiger partial charge in [0, 0.05) is 5.56 Å². The molecule has 0 unspecified atom stereocenters. The smallest absolute Gasteiger partial charge is 0.231 e. The van der Waals surface area contributed by atoms with Gasteiger partial charge in [0.05, 0.1) is 5.75 Å². The third kappa shape index (κ3) is 2.85. The van der Waals surface area contributed by atoms with Crippen LogP contribution in [-0.4, -0.2) is 19.2 Å². The summed E-state index contributed by atoms with van der Waals surface area (Å²) < 4.78 is 60.4. The molecule has 94 valence electrons. The molecule has 0 aromatic carbocycles. The number of rotatable bonds is 3. The molecule has 0 radical (unpaired) electrons. The first-order valence-corrected chi connectivity index (χ1v) is 6.31. The minimum Gasteiger partial charge on any atom is -0.231 e. The monoisotopic (exact) mass is 265 g/mol. The molecule has 7 heteroatoms. The summed E-state index contributed by atoms with van der Waals surface area (Å²) in [7, 11) is -3.81. The molecule has 1 aromatic rings. The molecule has 0 bridgehead atoms. The first-order chi connectivity index (χ1) is 7.72. The Balaban J connectivity index is 3.52. The number of hydrogen-bond acceptors (Lipinski definition) is 3. The van der Waals surface area contributed by atoms with Crippen molar-refractivity contribution in [2.24, 2.45) is 0 Å². The highest BCUT2D eigenvalue weighted by Gasteiger charge is 2.34. The van der Waals surface area contributed by atoms with Crippen LogP contribution in [0.25, 0.3) is 6.08 Å². The van der Waals surface area contributed by atoms with Crippen molar-refractivity contribution in [3.63, 3.8) is 0 Å². The maximum atomic E-state index is 12.4. The van der Waals surface area contributed by atoms with Gasteiger partial charge < -0.3 is 0 Å². The lowest BCUT2D eigenvalue weighted by Crippen LogP contribution is -2.14. The zero-order valence-electron chi connectivity index (χ0n) is 8.95. The van der Waals surface area contributed by atoms with Crippen LogP contribution in [0.4, 0.5) is 13.2 Å². The molecule has 0 aliphatic rings. The number of aromatic nitrogens is 1. The van der Waals surface area contributed by atoms with Gasteiger partial charge in [0.1, 0.15) is 5.69 Å². The number of halogens is 3. The highest BCUT2D eigenvalue weighted by molar-refractivity contribution is 7.91. The molecule has 17 heavy (non-hydrogen) atoms. The lowest BCUT2D eigenvalue weighted by Gasteiger charge is -2.10. The van der Waals surface area contributed by atoms with E-state index in [1.807, 2.05) is 0 Å². The number of nitrogens with zero attached hydrogens (tertiary/aromatic N) is 1. The summed E-state index contributed by atoms with van der Waals surface area (Å²) in [5.74, 6) is -0.317. The first kappa shape index (κ1) is 13.7. The van der Waals surface area contributed by atoms with Crippen molar-refractivity contribution in [2.75, 3.05) is 5.75 Å². The molecule has 0 N–H and O–H groups in total. The van der Waals surface area contributed by atoms with Crippen LogP contribution in [0.2, 0.25) is 0 Å². The topological polar surface area (TPSA) is 47.0 Å². The average Bonchev–Trinajstić information content (AvgIpc) is 2.27. The van der Waals surface area contributed by atoms with E-state index in [1.165, 1.54) is 6.92 Å². The van der Waals surface area contributed by atoms with Gasteiger partial charge in [0.25, 0.3) is 0 Å². The molecule has 3 nitrogen and oxygen atoms in total. The molecule has 1 rings (SSSR count). The van der Waals surface area contributed by atoms with Gasteiger partial charge in [-0.05, 0) is 12.1 Å². The molecule has 0 spiro atoms. The molecule has 1 heterocycles. The first-order valence-electron chi connectivity index (χ1n) is 4.66. The summed E-state index contributed by atoms with van der Waals surface area (Å²) in [5.41, 5.74) is -1.16. The van der Waals surface area contributed by atoms with Gasteiger partial charge in [0.2, 0.25) is 0 Å². The van der Waals surface area contributed by atoms with E-state index in [9.17, 15) is 21.6 Å². The van der Waals surface area contributed by atoms with E-state index < -0.39 is 26.7 Å². The minimum absolute atomic E-state index is 0.0693. The zero-order valence-corrected chi connectivity index (χ0v) is 9.77. The van der Waals surface area contributed by atoms with E-state index in [0.29, 0.717) is 0 Å². The van der Waals surface area contributed by atoms with E-state index in [4.69, 9.17) is 0 Å². The maximum absolute atomic E-state index is 12.4. The Bertz CT molecular complexity index is 535. The second-order valence-corrected chi connectivity index (χ2v) is 5.39. The third-order valence-corrected chi connectivity index (χ3v) is 3.75. The van der Waals surface area contributed by atoms with E-state index >= 15 is 0 Å². The number of alkyl halides is 3. The van der Waals surface area contributed by atoms with Crippen LogP contribution >= 0.6 is 0 Å². The van der Waals surface area contributed by atoms with Crippen molar-refractivity contribution in [3.05, 3.63) is 30.0 Å². The van der Waals surface area contributed by atoms with E-state index in [1.54, 1.807) is 0 Å². The maximum Gasteiger partial charge on any atom is 0.433 e. The van der Waals surface area contributed by atoms with E-state index in [2.05, 4.69) is 11.6 Å². The predicted molar refractivity (Wildman–Crippen MR) is 57.1 cm³/mol. The quantitative estimate of drug-likeness (QED) is 0.843. The molecule has 1 aromatic heterocycles. The molecule has 0 aliphatic heterocycles. The Morgan fingerprint density at radius 2 is 2.00 bits per heavy atom. The Morgan fingerprint density at radius 3 is 2.41 bits per heavy atom. The molecule has 0 aliphatic carbocycles. The second-order valence-electron chi connectivity index (χ2n) is 3.20. The predicted octanol–water partition coefficient (Wildman–Crippen LogP) is 2.54. The summed E-state index contributed by atoms with van der Waals surface area (Å²) in [5, 5.41) is -0.579. The van der Waals surface area contributed by atoms with Crippen molar-refractivity contribution < 1.29 is 21.6 Å². The van der Waals surface area contributed by atoms with E-state index in [0.717, 1.165) is 18.2 Å². The standard InChI is InChI=1S/C10H10F3NO2S/c1-3-7-5-6-8(10(11,12)13)14-9(7)17(15,16)4-2/h3,5-6H,1,4H2,2H3. The lowest BCUT2D eigenvalue weighted by atomic mass is 10.2. The second kappa shape index (κ2) is 4.48. The van der Waals surface area contributed by atoms with Crippen molar-refractivity contribution in [1.29, 1.82) is 0 Å². The normalized spacial score (nSPS) is 12.5. The number of pyridine rings is 1. The van der Waals surface area contributed by atoms with Gasteiger partial charge in [-0.3, -0.25) is 0 Å². The van der Waals surface area contributed by atoms with Crippen molar-refractivity contribution in [1.82, 2.24) is 4.98 Å². The van der Waals surface area contributed by atoms with Crippen LogP contribution in [0.1, 0.15) is 18.2 Å². The number of hydrogen-bond donors (Lipinski definition) is 0. The van der Waals surface area contributed by atoms with Crippen LogP contribution in [-0.2, 0) is 16.0 Å². The van der Waals surface area contributed by atoms with Gasteiger partial charge in [-0.25, -0.2) is 13.4 Å². The average molecular weight is 265 g/mol. The van der Waals surface area contributed by atoms with Crippen LogP contribution in [0, 0.1) is 0 Å². The highest BCUT2D eigenvalue weighted by atomic mass is 32.2. The Labute approximate surface area is 96.9 Å². The Morgan fingerprint density at radius 1 is 1.41 bits per heavy atom. The van der Waals surface area contributed by atoms with Crippen molar-refractivity contribution in [3.8, 4) is 0 Å². The lowest BCUT2D eigenvalue weighted by molar-refractivity contribution is -0.141. The number of sulfone groups is 1. The van der Waals surface area contributed by atoms with Gasteiger partial charge in [-0.1, -0.05) is 19.6 Å². The summed E-state index contributed by atoms with van der Waals surface area (Å²) in [6, 6.07) is 1.77. The molecule has 0 amide bonds. The van der Waals surface area contributed by atoms with Crippen LogP contribution in [0.3, 0.4) is 0 Å². The van der Waals surface area contributed by atoms with Crippen molar-refractivity contribution >= 4 is 15.9 Å². The Kier molecular flexibility index (Phi) is 3.61.